The van der Waals surface area contributed by atoms with Crippen LogP contribution in [0.4, 0.5) is 5.82 Å². The van der Waals surface area contributed by atoms with E-state index >= 15 is 0 Å². The second-order valence-electron chi connectivity index (χ2n) is 4.65. The summed E-state index contributed by atoms with van der Waals surface area (Å²) in [6.07, 6.45) is 9.51. The van der Waals surface area contributed by atoms with E-state index in [4.69, 9.17) is 0 Å². The highest BCUT2D eigenvalue weighted by Gasteiger charge is 2.11. The zero-order valence-corrected chi connectivity index (χ0v) is 11.8. The Balaban J connectivity index is 2.11. The van der Waals surface area contributed by atoms with E-state index in [0.717, 1.165) is 36.6 Å². The fourth-order valence-electron chi connectivity index (χ4n) is 2.00. The lowest BCUT2D eigenvalue weighted by molar-refractivity contribution is 0.566. The van der Waals surface area contributed by atoms with Gasteiger partial charge < -0.3 is 9.88 Å². The van der Waals surface area contributed by atoms with E-state index in [0.29, 0.717) is 6.04 Å². The van der Waals surface area contributed by atoms with Gasteiger partial charge in [-0.15, -0.1) is 0 Å². The van der Waals surface area contributed by atoms with E-state index in [1.807, 2.05) is 25.6 Å². The molecule has 2 aromatic heterocycles. The van der Waals surface area contributed by atoms with E-state index < -0.39 is 0 Å². The van der Waals surface area contributed by atoms with Gasteiger partial charge in [0.25, 0.3) is 0 Å². The van der Waals surface area contributed by atoms with Crippen molar-refractivity contribution in [2.75, 3.05) is 5.32 Å². The zero-order chi connectivity index (χ0) is 13.7. The third kappa shape index (κ3) is 3.53. The minimum Gasteiger partial charge on any atom is -0.365 e. The second-order valence-corrected chi connectivity index (χ2v) is 4.65. The molecule has 2 aromatic rings. The topological polar surface area (TPSA) is 55.6 Å². The van der Waals surface area contributed by atoms with Gasteiger partial charge in [-0.05, 0) is 19.8 Å². The SMILES string of the molecule is CCc1cnc(C)nc1N[C@@H](CC)Cn1ccnc1. The van der Waals surface area contributed by atoms with Gasteiger partial charge in [0.2, 0.25) is 0 Å². The van der Waals surface area contributed by atoms with Crippen LogP contribution in [0.25, 0.3) is 0 Å². The molecule has 19 heavy (non-hydrogen) atoms. The minimum atomic E-state index is 0.341. The van der Waals surface area contributed by atoms with Gasteiger partial charge >= 0.3 is 0 Å². The number of hydrogen-bond donors (Lipinski definition) is 1. The number of rotatable bonds is 6. The second kappa shape index (κ2) is 6.31. The average Bonchev–Trinajstić information content (AvgIpc) is 2.91. The first-order chi connectivity index (χ1) is 9.22. The van der Waals surface area contributed by atoms with Crippen LogP contribution in [0, 0.1) is 6.92 Å². The number of hydrogen-bond acceptors (Lipinski definition) is 4. The van der Waals surface area contributed by atoms with Gasteiger partial charge in [0.1, 0.15) is 11.6 Å². The number of nitrogens with zero attached hydrogens (tertiary/aromatic N) is 4. The van der Waals surface area contributed by atoms with Crippen molar-refractivity contribution in [3.05, 3.63) is 36.3 Å². The summed E-state index contributed by atoms with van der Waals surface area (Å²) in [6.45, 7) is 7.11. The van der Waals surface area contributed by atoms with Crippen LogP contribution in [0.5, 0.6) is 0 Å². The number of anilines is 1. The molecule has 1 atom stereocenters. The molecule has 1 N–H and O–H groups in total. The van der Waals surface area contributed by atoms with Crippen LogP contribution in [0.1, 0.15) is 31.7 Å². The van der Waals surface area contributed by atoms with Gasteiger partial charge in [0.15, 0.2) is 0 Å². The normalized spacial score (nSPS) is 12.4. The Hall–Kier alpha value is -1.91. The van der Waals surface area contributed by atoms with E-state index in [-0.39, 0.29) is 0 Å². The largest absolute Gasteiger partial charge is 0.365 e. The molecule has 102 valence electrons. The Bertz CT molecular complexity index is 507. The number of aromatic nitrogens is 4. The maximum absolute atomic E-state index is 4.51. The van der Waals surface area contributed by atoms with Crippen LogP contribution in [-0.2, 0) is 13.0 Å². The minimum absolute atomic E-state index is 0.341. The summed E-state index contributed by atoms with van der Waals surface area (Å²) in [4.78, 5) is 12.8. The van der Waals surface area contributed by atoms with Crippen LogP contribution in [0.3, 0.4) is 0 Å². The van der Waals surface area contributed by atoms with Gasteiger partial charge in [-0.2, -0.15) is 0 Å². The van der Waals surface area contributed by atoms with Crippen LogP contribution in [0.2, 0.25) is 0 Å². The summed E-state index contributed by atoms with van der Waals surface area (Å²) >= 11 is 0. The molecule has 0 spiro atoms. The average molecular weight is 259 g/mol. The van der Waals surface area contributed by atoms with E-state index in [9.17, 15) is 0 Å². The number of aryl methyl sites for hydroxylation is 2. The molecule has 5 heteroatoms. The predicted molar refractivity (Wildman–Crippen MR) is 76.1 cm³/mol. The molecule has 0 aromatic carbocycles. The van der Waals surface area contributed by atoms with Crippen molar-refractivity contribution in [3.63, 3.8) is 0 Å². The first-order valence-corrected chi connectivity index (χ1v) is 6.77. The Kier molecular flexibility index (Phi) is 4.49. The van der Waals surface area contributed by atoms with Gasteiger partial charge in [0, 0.05) is 36.7 Å². The van der Waals surface area contributed by atoms with Gasteiger partial charge in [-0.1, -0.05) is 13.8 Å². The third-order valence-electron chi connectivity index (χ3n) is 3.19. The molecule has 5 nitrogen and oxygen atoms in total. The maximum Gasteiger partial charge on any atom is 0.133 e. The molecule has 0 fully saturated rings. The van der Waals surface area contributed by atoms with Crippen molar-refractivity contribution in [1.82, 2.24) is 19.5 Å². The Morgan fingerprint density at radius 1 is 1.37 bits per heavy atom. The van der Waals surface area contributed by atoms with Crippen molar-refractivity contribution in [2.24, 2.45) is 0 Å². The van der Waals surface area contributed by atoms with Gasteiger partial charge in [-0.25, -0.2) is 15.0 Å². The molecule has 0 aliphatic carbocycles. The fraction of sp³-hybridized carbons (Fsp3) is 0.500. The molecule has 0 saturated heterocycles. The van der Waals surface area contributed by atoms with Crippen LogP contribution < -0.4 is 5.32 Å². The number of nitrogens with one attached hydrogen (secondary N) is 1. The molecule has 0 saturated carbocycles. The Morgan fingerprint density at radius 3 is 2.84 bits per heavy atom. The lowest BCUT2D eigenvalue weighted by Crippen LogP contribution is -2.25. The predicted octanol–water partition coefficient (Wildman–Crippen LogP) is 2.43. The Labute approximate surface area is 114 Å². The molecular weight excluding hydrogens is 238 g/mol. The van der Waals surface area contributed by atoms with Crippen molar-refractivity contribution in [2.45, 2.75) is 46.2 Å². The molecule has 0 aliphatic rings. The standard InChI is InChI=1S/C14H21N5/c1-4-12-8-16-11(3)17-14(12)18-13(5-2)9-19-7-6-15-10-19/h6-8,10,13H,4-5,9H2,1-3H3,(H,16,17,18)/t13-/m0/s1. The molecule has 2 heterocycles. The highest BCUT2D eigenvalue weighted by molar-refractivity contribution is 5.43. The third-order valence-corrected chi connectivity index (χ3v) is 3.19. The van der Waals surface area contributed by atoms with Gasteiger partial charge in [-0.3, -0.25) is 0 Å². The molecular formula is C14H21N5. The zero-order valence-electron chi connectivity index (χ0n) is 11.8. The Morgan fingerprint density at radius 2 is 2.21 bits per heavy atom. The summed E-state index contributed by atoms with van der Waals surface area (Å²) in [5, 5.41) is 3.53. The molecule has 0 amide bonds. The molecule has 2 rings (SSSR count). The summed E-state index contributed by atoms with van der Waals surface area (Å²) in [7, 11) is 0. The summed E-state index contributed by atoms with van der Waals surface area (Å²) < 4.78 is 2.08. The molecule has 0 aliphatic heterocycles. The lowest BCUT2D eigenvalue weighted by atomic mass is 10.2. The van der Waals surface area contributed by atoms with Crippen molar-refractivity contribution in [3.8, 4) is 0 Å². The van der Waals surface area contributed by atoms with Crippen molar-refractivity contribution in [1.29, 1.82) is 0 Å². The van der Waals surface area contributed by atoms with E-state index in [1.54, 1.807) is 6.20 Å². The lowest BCUT2D eigenvalue weighted by Gasteiger charge is -2.20. The summed E-state index contributed by atoms with van der Waals surface area (Å²) in [5.74, 6) is 1.76. The van der Waals surface area contributed by atoms with E-state index in [2.05, 4.69) is 38.7 Å². The first-order valence-electron chi connectivity index (χ1n) is 6.77. The van der Waals surface area contributed by atoms with E-state index in [1.165, 1.54) is 0 Å². The van der Waals surface area contributed by atoms with Crippen LogP contribution in [0.15, 0.2) is 24.9 Å². The summed E-state index contributed by atoms with van der Waals surface area (Å²) in [6, 6.07) is 0.341. The van der Waals surface area contributed by atoms with Crippen molar-refractivity contribution < 1.29 is 0 Å². The number of imidazole rings is 1. The molecule has 0 unspecified atom stereocenters. The molecule has 0 radical (unpaired) electrons. The highest BCUT2D eigenvalue weighted by atomic mass is 15.1. The highest BCUT2D eigenvalue weighted by Crippen LogP contribution is 2.15. The van der Waals surface area contributed by atoms with Gasteiger partial charge in [0.05, 0.1) is 6.33 Å². The first kappa shape index (κ1) is 13.5. The molecule has 0 bridgehead atoms. The maximum atomic E-state index is 4.51. The smallest absolute Gasteiger partial charge is 0.133 e. The van der Waals surface area contributed by atoms with Crippen LogP contribution >= 0.6 is 0 Å². The quantitative estimate of drug-likeness (QED) is 0.865. The summed E-state index contributed by atoms with van der Waals surface area (Å²) in [5.41, 5.74) is 1.16. The fourth-order valence-corrected chi connectivity index (χ4v) is 2.00. The van der Waals surface area contributed by atoms with Crippen LogP contribution in [-0.4, -0.2) is 25.6 Å². The monoisotopic (exact) mass is 259 g/mol. The van der Waals surface area contributed by atoms with Crippen molar-refractivity contribution >= 4 is 5.82 Å².